The normalized spacial score (nSPS) is 10.5. The van der Waals surface area contributed by atoms with Crippen LogP contribution in [0.2, 0.25) is 0 Å². The molecule has 0 saturated heterocycles. The van der Waals surface area contributed by atoms with E-state index >= 15 is 0 Å². The minimum Gasteiger partial charge on any atom is -0.489 e. The molecule has 0 bridgehead atoms. The minimum absolute atomic E-state index is 0.378. The summed E-state index contributed by atoms with van der Waals surface area (Å²) in [5.74, 6) is 1.27. The number of benzene rings is 2. The zero-order chi connectivity index (χ0) is 15.4. The van der Waals surface area contributed by atoms with Crippen molar-refractivity contribution >= 4 is 15.9 Å². The molecule has 3 heteroatoms. The summed E-state index contributed by atoms with van der Waals surface area (Å²) in [6.07, 6.45) is 0. The Morgan fingerprint density at radius 1 is 1.24 bits per heavy atom. The predicted octanol–water partition coefficient (Wildman–Crippen LogP) is 5.33. The zero-order valence-electron chi connectivity index (χ0n) is 12.5. The number of hydrogen-bond acceptors (Lipinski definition) is 2. The monoisotopic (exact) mass is 343 g/mol. The number of aryl methyl sites for hydroxylation is 1. The second-order valence-electron chi connectivity index (χ2n) is 5.35. The van der Waals surface area contributed by atoms with Crippen LogP contribution in [0, 0.1) is 18.3 Å². The maximum absolute atomic E-state index is 9.13. The minimum atomic E-state index is 0.378. The molecule has 0 amide bonds. The number of hydrogen-bond donors (Lipinski definition) is 0. The lowest BCUT2D eigenvalue weighted by Gasteiger charge is -2.16. The van der Waals surface area contributed by atoms with Crippen molar-refractivity contribution in [1.29, 1.82) is 5.26 Å². The van der Waals surface area contributed by atoms with Crippen molar-refractivity contribution in [3.05, 3.63) is 63.1 Å². The predicted molar refractivity (Wildman–Crippen MR) is 88.5 cm³/mol. The largest absolute Gasteiger partial charge is 0.489 e. The highest BCUT2D eigenvalue weighted by molar-refractivity contribution is 9.10. The van der Waals surface area contributed by atoms with Crippen molar-refractivity contribution in [3.8, 4) is 11.8 Å². The third-order valence-corrected chi connectivity index (χ3v) is 4.29. The van der Waals surface area contributed by atoms with Gasteiger partial charge in [-0.3, -0.25) is 0 Å². The standard InChI is InChI=1S/C18H18BrNO/c1-12(2)16-9-17(19)13(3)8-18(16)21-11-15-7-5-4-6-14(15)10-20/h4-9,12H,11H2,1-3H3. The fraction of sp³-hybridized carbons (Fsp3) is 0.278. The van der Waals surface area contributed by atoms with Crippen LogP contribution in [-0.2, 0) is 6.61 Å². The van der Waals surface area contributed by atoms with Crippen molar-refractivity contribution in [2.24, 2.45) is 0 Å². The van der Waals surface area contributed by atoms with Crippen molar-refractivity contribution in [2.75, 3.05) is 0 Å². The fourth-order valence-corrected chi connectivity index (χ4v) is 2.52. The Morgan fingerprint density at radius 3 is 2.62 bits per heavy atom. The lowest BCUT2D eigenvalue weighted by molar-refractivity contribution is 0.301. The number of rotatable bonds is 4. The SMILES string of the molecule is Cc1cc(OCc2ccccc2C#N)c(C(C)C)cc1Br. The molecule has 0 aliphatic carbocycles. The highest BCUT2D eigenvalue weighted by Gasteiger charge is 2.11. The van der Waals surface area contributed by atoms with Gasteiger partial charge in [0.25, 0.3) is 0 Å². The molecule has 108 valence electrons. The molecule has 0 unspecified atom stereocenters. The Kier molecular flexibility index (Phi) is 5.03. The van der Waals surface area contributed by atoms with Gasteiger partial charge in [-0.2, -0.15) is 5.26 Å². The van der Waals surface area contributed by atoms with Crippen LogP contribution in [0.3, 0.4) is 0 Å². The van der Waals surface area contributed by atoms with E-state index in [1.165, 1.54) is 5.56 Å². The van der Waals surface area contributed by atoms with Crippen LogP contribution in [0.15, 0.2) is 40.9 Å². The van der Waals surface area contributed by atoms with Gasteiger partial charge in [-0.1, -0.05) is 48.0 Å². The highest BCUT2D eigenvalue weighted by atomic mass is 79.9. The summed E-state index contributed by atoms with van der Waals surface area (Å²) in [5.41, 5.74) is 3.89. The Balaban J connectivity index is 2.28. The number of nitriles is 1. The molecule has 0 N–H and O–H groups in total. The van der Waals surface area contributed by atoms with E-state index in [-0.39, 0.29) is 0 Å². The van der Waals surface area contributed by atoms with Gasteiger partial charge in [-0.05, 0) is 42.2 Å². The smallest absolute Gasteiger partial charge is 0.123 e. The molecule has 0 heterocycles. The van der Waals surface area contributed by atoms with Crippen LogP contribution in [-0.4, -0.2) is 0 Å². The number of nitrogens with zero attached hydrogens (tertiary/aromatic N) is 1. The molecular weight excluding hydrogens is 326 g/mol. The summed E-state index contributed by atoms with van der Waals surface area (Å²) >= 11 is 3.57. The molecule has 0 saturated carbocycles. The van der Waals surface area contributed by atoms with Gasteiger partial charge in [0, 0.05) is 10.0 Å². The van der Waals surface area contributed by atoms with Gasteiger partial charge in [0.05, 0.1) is 11.6 Å². The molecule has 0 spiro atoms. The molecule has 21 heavy (non-hydrogen) atoms. The van der Waals surface area contributed by atoms with Gasteiger partial charge in [-0.15, -0.1) is 0 Å². The van der Waals surface area contributed by atoms with Gasteiger partial charge in [0.2, 0.25) is 0 Å². The van der Waals surface area contributed by atoms with E-state index in [1.54, 1.807) is 0 Å². The lowest BCUT2D eigenvalue weighted by Crippen LogP contribution is -2.02. The van der Waals surface area contributed by atoms with Crippen LogP contribution in [0.4, 0.5) is 0 Å². The van der Waals surface area contributed by atoms with E-state index in [9.17, 15) is 0 Å². The molecule has 0 fully saturated rings. The molecule has 0 aliphatic rings. The van der Waals surface area contributed by atoms with Crippen LogP contribution < -0.4 is 4.74 Å². The van der Waals surface area contributed by atoms with E-state index in [2.05, 4.69) is 48.0 Å². The Labute approximate surface area is 134 Å². The van der Waals surface area contributed by atoms with Gasteiger partial charge in [0.15, 0.2) is 0 Å². The molecule has 2 aromatic rings. The molecule has 2 nitrogen and oxygen atoms in total. The average Bonchev–Trinajstić information content (AvgIpc) is 2.48. The van der Waals surface area contributed by atoms with Crippen molar-refractivity contribution in [1.82, 2.24) is 0 Å². The molecule has 0 radical (unpaired) electrons. The lowest BCUT2D eigenvalue weighted by atomic mass is 10.0. The molecule has 2 aromatic carbocycles. The highest BCUT2D eigenvalue weighted by Crippen LogP contribution is 2.32. The number of halogens is 1. The Hall–Kier alpha value is -1.79. The first-order valence-corrected chi connectivity index (χ1v) is 7.73. The Morgan fingerprint density at radius 2 is 1.95 bits per heavy atom. The third-order valence-electron chi connectivity index (χ3n) is 3.43. The Bertz CT molecular complexity index is 686. The van der Waals surface area contributed by atoms with Gasteiger partial charge in [0.1, 0.15) is 12.4 Å². The summed E-state index contributed by atoms with van der Waals surface area (Å²) in [4.78, 5) is 0. The maximum Gasteiger partial charge on any atom is 0.123 e. The van der Waals surface area contributed by atoms with Crippen molar-refractivity contribution in [2.45, 2.75) is 33.3 Å². The van der Waals surface area contributed by atoms with Crippen molar-refractivity contribution in [3.63, 3.8) is 0 Å². The topological polar surface area (TPSA) is 33.0 Å². The molecule has 0 aliphatic heterocycles. The van der Waals surface area contributed by atoms with Crippen molar-refractivity contribution < 1.29 is 4.74 Å². The molecular formula is C18H18BrNO. The summed E-state index contributed by atoms with van der Waals surface area (Å²) < 4.78 is 7.08. The molecule has 0 aromatic heterocycles. The first-order valence-electron chi connectivity index (χ1n) is 6.93. The van der Waals surface area contributed by atoms with Crippen LogP contribution in [0.1, 0.15) is 42.0 Å². The van der Waals surface area contributed by atoms with E-state index < -0.39 is 0 Å². The molecule has 2 rings (SSSR count). The van der Waals surface area contributed by atoms with Gasteiger partial charge in [-0.25, -0.2) is 0 Å². The zero-order valence-corrected chi connectivity index (χ0v) is 14.1. The number of ether oxygens (including phenoxy) is 1. The van der Waals surface area contributed by atoms with E-state index in [1.807, 2.05) is 31.2 Å². The average molecular weight is 344 g/mol. The fourth-order valence-electron chi connectivity index (χ4n) is 2.16. The summed E-state index contributed by atoms with van der Waals surface area (Å²) in [5, 5.41) is 9.13. The summed E-state index contributed by atoms with van der Waals surface area (Å²) in [6, 6.07) is 13.9. The summed E-state index contributed by atoms with van der Waals surface area (Å²) in [7, 11) is 0. The van der Waals surface area contributed by atoms with Gasteiger partial charge < -0.3 is 4.74 Å². The first-order chi connectivity index (χ1) is 10.0. The maximum atomic E-state index is 9.13. The van der Waals surface area contributed by atoms with Crippen LogP contribution >= 0.6 is 15.9 Å². The van der Waals surface area contributed by atoms with E-state index in [0.29, 0.717) is 18.1 Å². The van der Waals surface area contributed by atoms with Crippen LogP contribution in [0.25, 0.3) is 0 Å². The quantitative estimate of drug-likeness (QED) is 0.751. The van der Waals surface area contributed by atoms with Gasteiger partial charge >= 0.3 is 0 Å². The second-order valence-corrected chi connectivity index (χ2v) is 6.21. The molecule has 0 atom stereocenters. The van der Waals surface area contributed by atoms with Crippen LogP contribution in [0.5, 0.6) is 5.75 Å². The second kappa shape index (κ2) is 6.78. The third kappa shape index (κ3) is 3.65. The van der Waals surface area contributed by atoms with E-state index in [0.717, 1.165) is 21.3 Å². The summed E-state index contributed by atoms with van der Waals surface area (Å²) in [6.45, 7) is 6.75. The van der Waals surface area contributed by atoms with E-state index in [4.69, 9.17) is 10.00 Å². The first kappa shape index (κ1) is 15.6.